The Kier molecular flexibility index (Phi) is 4.89. The van der Waals surface area contributed by atoms with Crippen molar-refractivity contribution in [3.05, 3.63) is 28.0 Å². The minimum atomic E-state index is 0.352. The van der Waals surface area contributed by atoms with Gasteiger partial charge in [0.05, 0.1) is 16.1 Å². The lowest BCUT2D eigenvalue weighted by Crippen LogP contribution is -2.25. The summed E-state index contributed by atoms with van der Waals surface area (Å²) in [6, 6.07) is 6.30. The molecule has 0 saturated carbocycles. The molecule has 1 atom stereocenters. The van der Waals surface area contributed by atoms with Crippen molar-refractivity contribution in [3.8, 4) is 0 Å². The van der Waals surface area contributed by atoms with Gasteiger partial charge in [-0.1, -0.05) is 31.5 Å². The molecule has 1 heterocycles. The number of nitrogens with one attached hydrogen (secondary N) is 1. The maximum absolute atomic E-state index is 6.26. The van der Waals surface area contributed by atoms with Crippen LogP contribution in [0.3, 0.4) is 0 Å². The summed E-state index contributed by atoms with van der Waals surface area (Å²) < 4.78 is 2.97. The number of imidazole rings is 1. The lowest BCUT2D eigenvalue weighted by atomic mass is 10.0. The van der Waals surface area contributed by atoms with Crippen LogP contribution >= 0.6 is 23.8 Å². The predicted molar refractivity (Wildman–Crippen MR) is 89.2 cm³/mol. The van der Waals surface area contributed by atoms with Crippen molar-refractivity contribution in [1.29, 1.82) is 0 Å². The molecule has 1 aromatic carbocycles. The monoisotopic (exact) mass is 311 g/mol. The highest BCUT2D eigenvalue weighted by Crippen LogP contribution is 2.28. The van der Waals surface area contributed by atoms with Gasteiger partial charge in [0.25, 0.3) is 0 Å². The van der Waals surface area contributed by atoms with Crippen molar-refractivity contribution in [2.45, 2.75) is 26.3 Å². The van der Waals surface area contributed by atoms with Crippen molar-refractivity contribution >= 4 is 34.9 Å². The summed E-state index contributed by atoms with van der Waals surface area (Å²) >= 11 is 11.8. The van der Waals surface area contributed by atoms with Gasteiger partial charge in [0.15, 0.2) is 4.77 Å². The van der Waals surface area contributed by atoms with E-state index in [1.165, 1.54) is 0 Å². The molecule has 0 saturated heterocycles. The van der Waals surface area contributed by atoms with Crippen LogP contribution in [-0.2, 0) is 0 Å². The molecule has 0 aliphatic heterocycles. The molecule has 0 aliphatic carbocycles. The highest BCUT2D eigenvalue weighted by Gasteiger charge is 2.18. The van der Waals surface area contributed by atoms with Gasteiger partial charge in [0.2, 0.25) is 0 Å². The molecule has 2 rings (SSSR count). The normalized spacial score (nSPS) is 13.6. The summed E-state index contributed by atoms with van der Waals surface area (Å²) in [6.45, 7) is 5.45. The Hall–Kier alpha value is -0.840. The number of aromatic amines is 1. The Morgan fingerprint density at radius 2 is 2.05 bits per heavy atom. The number of H-pyrrole nitrogens is 1. The zero-order valence-corrected chi connectivity index (χ0v) is 14.1. The molecule has 1 unspecified atom stereocenters. The number of hydrogen-bond donors (Lipinski definition) is 1. The Labute approximate surface area is 130 Å². The maximum atomic E-state index is 6.26. The molecule has 0 amide bonds. The predicted octanol–water partition coefficient (Wildman–Crippen LogP) is 4.50. The van der Waals surface area contributed by atoms with E-state index >= 15 is 0 Å². The fourth-order valence-electron chi connectivity index (χ4n) is 2.70. The molecule has 0 bridgehead atoms. The van der Waals surface area contributed by atoms with E-state index in [4.69, 9.17) is 23.8 Å². The van der Waals surface area contributed by atoms with Crippen molar-refractivity contribution < 1.29 is 0 Å². The summed E-state index contributed by atoms with van der Waals surface area (Å²) in [5, 5.41) is 0.723. The molecule has 1 N–H and O–H groups in total. The second-order valence-corrected chi connectivity index (χ2v) is 6.77. The quantitative estimate of drug-likeness (QED) is 0.822. The molecule has 0 radical (unpaired) electrons. The van der Waals surface area contributed by atoms with Crippen LogP contribution in [0.1, 0.15) is 26.3 Å². The number of halogens is 1. The number of benzene rings is 1. The van der Waals surface area contributed by atoms with Crippen LogP contribution in [0, 0.1) is 10.7 Å². The lowest BCUT2D eigenvalue weighted by molar-refractivity contribution is 0.291. The van der Waals surface area contributed by atoms with Crippen LogP contribution in [-0.4, -0.2) is 35.1 Å². The zero-order chi connectivity index (χ0) is 14.9. The van der Waals surface area contributed by atoms with E-state index < -0.39 is 0 Å². The molecule has 0 spiro atoms. The number of aromatic nitrogens is 2. The smallest absolute Gasteiger partial charge is 0.178 e. The first-order valence-corrected chi connectivity index (χ1v) is 7.72. The second kappa shape index (κ2) is 6.29. The molecule has 0 aliphatic rings. The van der Waals surface area contributed by atoms with Crippen molar-refractivity contribution in [2.75, 3.05) is 20.6 Å². The number of fused-ring (bicyclic) bond motifs is 1. The standard InChI is InChI=1S/C15H22ClN3S/c1-10(2)8-11(9-18(3)4)19-13-7-5-6-12(16)14(13)17-15(19)20/h5-7,10-11H,8-9H2,1-4H3,(H,17,20). The molecule has 2 aromatic rings. The topological polar surface area (TPSA) is 24.0 Å². The third-order valence-corrected chi connectivity index (χ3v) is 4.00. The van der Waals surface area contributed by atoms with Crippen LogP contribution < -0.4 is 0 Å². The van der Waals surface area contributed by atoms with Crippen LogP contribution in [0.15, 0.2) is 18.2 Å². The Morgan fingerprint density at radius 1 is 1.35 bits per heavy atom. The average molecular weight is 312 g/mol. The fourth-order valence-corrected chi connectivity index (χ4v) is 3.27. The Bertz CT molecular complexity index is 632. The van der Waals surface area contributed by atoms with Crippen molar-refractivity contribution in [2.24, 2.45) is 5.92 Å². The number of para-hydroxylation sites is 1. The molecule has 20 heavy (non-hydrogen) atoms. The van der Waals surface area contributed by atoms with Crippen LogP contribution in [0.25, 0.3) is 11.0 Å². The van der Waals surface area contributed by atoms with E-state index in [2.05, 4.69) is 48.5 Å². The number of likely N-dealkylation sites (N-methyl/N-ethyl adjacent to an activating group) is 1. The summed E-state index contributed by atoms with van der Waals surface area (Å²) in [6.07, 6.45) is 1.09. The highest BCUT2D eigenvalue weighted by atomic mass is 35.5. The van der Waals surface area contributed by atoms with Crippen LogP contribution in [0.2, 0.25) is 5.02 Å². The number of rotatable bonds is 5. The summed E-state index contributed by atoms with van der Waals surface area (Å²) in [4.78, 5) is 5.46. The molecule has 110 valence electrons. The van der Waals surface area contributed by atoms with Gasteiger partial charge in [-0.3, -0.25) is 0 Å². The Morgan fingerprint density at radius 3 is 2.65 bits per heavy atom. The summed E-state index contributed by atoms with van der Waals surface area (Å²) in [5.74, 6) is 0.617. The van der Waals surface area contributed by atoms with Gasteiger partial charge in [0.1, 0.15) is 0 Å². The molecular formula is C15H22ClN3S. The molecule has 1 aromatic heterocycles. The van der Waals surface area contributed by atoms with Gasteiger partial charge < -0.3 is 14.5 Å². The highest BCUT2D eigenvalue weighted by molar-refractivity contribution is 7.71. The first kappa shape index (κ1) is 15.5. The van der Waals surface area contributed by atoms with E-state index in [0.29, 0.717) is 12.0 Å². The molecule has 0 fully saturated rings. The van der Waals surface area contributed by atoms with E-state index in [0.717, 1.165) is 33.8 Å². The lowest BCUT2D eigenvalue weighted by Gasteiger charge is -2.25. The van der Waals surface area contributed by atoms with E-state index in [9.17, 15) is 0 Å². The van der Waals surface area contributed by atoms with Gasteiger partial charge in [-0.25, -0.2) is 0 Å². The second-order valence-electron chi connectivity index (χ2n) is 5.98. The fraction of sp³-hybridized carbons (Fsp3) is 0.533. The minimum absolute atomic E-state index is 0.352. The largest absolute Gasteiger partial charge is 0.329 e. The average Bonchev–Trinajstić information content (AvgIpc) is 2.65. The molecule has 3 nitrogen and oxygen atoms in total. The third kappa shape index (κ3) is 3.25. The van der Waals surface area contributed by atoms with Gasteiger partial charge in [-0.05, 0) is 50.8 Å². The Balaban J connectivity index is 2.55. The first-order valence-electron chi connectivity index (χ1n) is 6.93. The number of nitrogens with zero attached hydrogens (tertiary/aromatic N) is 2. The van der Waals surface area contributed by atoms with Crippen molar-refractivity contribution in [1.82, 2.24) is 14.5 Å². The van der Waals surface area contributed by atoms with E-state index in [1.807, 2.05) is 12.1 Å². The maximum Gasteiger partial charge on any atom is 0.178 e. The SMILES string of the molecule is CC(C)CC(CN(C)C)n1c(=S)[nH]c2c(Cl)cccc21. The van der Waals surface area contributed by atoms with Crippen molar-refractivity contribution in [3.63, 3.8) is 0 Å². The molecular weight excluding hydrogens is 290 g/mol. The van der Waals surface area contributed by atoms with Gasteiger partial charge in [-0.2, -0.15) is 0 Å². The summed E-state index contributed by atoms with van der Waals surface area (Å²) in [5.41, 5.74) is 2.03. The van der Waals surface area contributed by atoms with E-state index in [-0.39, 0.29) is 0 Å². The van der Waals surface area contributed by atoms with Crippen LogP contribution in [0.4, 0.5) is 0 Å². The zero-order valence-electron chi connectivity index (χ0n) is 12.5. The minimum Gasteiger partial charge on any atom is -0.329 e. The summed E-state index contributed by atoms with van der Waals surface area (Å²) in [7, 11) is 4.19. The van der Waals surface area contributed by atoms with Crippen LogP contribution in [0.5, 0.6) is 0 Å². The van der Waals surface area contributed by atoms with Gasteiger partial charge in [-0.15, -0.1) is 0 Å². The van der Waals surface area contributed by atoms with Gasteiger partial charge >= 0.3 is 0 Å². The number of hydrogen-bond acceptors (Lipinski definition) is 2. The molecule has 5 heteroatoms. The first-order chi connectivity index (χ1) is 9.40. The van der Waals surface area contributed by atoms with Gasteiger partial charge in [0, 0.05) is 12.6 Å². The third-order valence-electron chi connectivity index (χ3n) is 3.39. The van der Waals surface area contributed by atoms with E-state index in [1.54, 1.807) is 0 Å².